The van der Waals surface area contributed by atoms with Crippen LogP contribution in [0.3, 0.4) is 0 Å². The van der Waals surface area contributed by atoms with Crippen LogP contribution in [-0.4, -0.2) is 27.0 Å². The number of imidazole rings is 1. The summed E-state index contributed by atoms with van der Waals surface area (Å²) in [5, 5.41) is 7.33. The van der Waals surface area contributed by atoms with Gasteiger partial charge in [-0.2, -0.15) is 0 Å². The van der Waals surface area contributed by atoms with Crippen molar-refractivity contribution in [3.63, 3.8) is 0 Å². The van der Waals surface area contributed by atoms with Crippen LogP contribution in [0.25, 0.3) is 10.9 Å². The van der Waals surface area contributed by atoms with Gasteiger partial charge in [0, 0.05) is 37.4 Å². The van der Waals surface area contributed by atoms with Crippen LogP contribution in [0, 0.1) is 6.92 Å². The van der Waals surface area contributed by atoms with Crippen LogP contribution in [0.5, 0.6) is 0 Å². The maximum Gasteiger partial charge on any atom is 0.271 e. The van der Waals surface area contributed by atoms with E-state index in [1.165, 1.54) is 0 Å². The zero-order valence-electron chi connectivity index (χ0n) is 13.5. The molecular weight excluding hydrogens is 302 g/mol. The molecule has 0 fully saturated rings. The molecule has 1 aromatic carbocycles. The van der Waals surface area contributed by atoms with Crippen LogP contribution in [-0.2, 0) is 19.6 Å². The lowest BCUT2D eigenvalue weighted by molar-refractivity contribution is 0.0946. The molecule has 0 unspecified atom stereocenters. The summed E-state index contributed by atoms with van der Waals surface area (Å²) in [7, 11) is 0. The highest BCUT2D eigenvalue weighted by molar-refractivity contribution is 5.92. The van der Waals surface area contributed by atoms with E-state index in [4.69, 9.17) is 0 Å². The van der Waals surface area contributed by atoms with Gasteiger partial charge in [0.05, 0.1) is 12.1 Å². The maximum atomic E-state index is 12.5. The van der Waals surface area contributed by atoms with Gasteiger partial charge in [-0.25, -0.2) is 4.98 Å². The number of aryl methyl sites for hydroxylation is 1. The third-order valence-electron chi connectivity index (χ3n) is 4.46. The summed E-state index contributed by atoms with van der Waals surface area (Å²) in [5.41, 5.74) is 3.66. The van der Waals surface area contributed by atoms with Crippen LogP contribution < -0.4 is 10.6 Å². The number of hydrogen-bond donors (Lipinski definition) is 2. The van der Waals surface area contributed by atoms with Crippen molar-refractivity contribution in [2.45, 2.75) is 26.6 Å². The molecule has 0 saturated heterocycles. The number of nitrogens with one attached hydrogen (secondary N) is 2. The molecule has 0 saturated carbocycles. The minimum absolute atomic E-state index is 0.141. The third kappa shape index (κ3) is 2.65. The smallest absolute Gasteiger partial charge is 0.271 e. The normalized spacial score (nSPS) is 13.7. The lowest BCUT2D eigenvalue weighted by Gasteiger charge is -2.13. The first-order chi connectivity index (χ1) is 11.7. The highest BCUT2D eigenvalue weighted by Gasteiger charge is 2.16. The fourth-order valence-electron chi connectivity index (χ4n) is 3.11. The fourth-order valence-corrected chi connectivity index (χ4v) is 3.11. The van der Waals surface area contributed by atoms with Crippen molar-refractivity contribution in [2.24, 2.45) is 0 Å². The molecule has 0 aliphatic carbocycles. The van der Waals surface area contributed by atoms with Crippen LogP contribution in [0.2, 0.25) is 0 Å². The van der Waals surface area contributed by atoms with Gasteiger partial charge in [0.25, 0.3) is 5.91 Å². The van der Waals surface area contributed by atoms with Gasteiger partial charge in [-0.1, -0.05) is 12.1 Å². The maximum absolute atomic E-state index is 12.5. The number of carbonyl (C=O) groups excluding carboxylic acids is 1. The summed E-state index contributed by atoms with van der Waals surface area (Å²) in [6.45, 7) is 4.99. The Kier molecular flexibility index (Phi) is 3.74. The van der Waals surface area contributed by atoms with Crippen LogP contribution >= 0.6 is 0 Å². The molecule has 0 radical (unpaired) electrons. The number of pyridine rings is 1. The molecule has 6 heteroatoms. The molecule has 4 rings (SSSR count). The highest BCUT2D eigenvalue weighted by Crippen LogP contribution is 2.20. The van der Waals surface area contributed by atoms with Crippen molar-refractivity contribution in [3.05, 3.63) is 59.3 Å². The van der Waals surface area contributed by atoms with Crippen LogP contribution in [0.4, 0.5) is 0 Å². The van der Waals surface area contributed by atoms with E-state index in [-0.39, 0.29) is 5.91 Å². The number of carbonyl (C=O) groups is 1. The average molecular weight is 321 g/mol. The second kappa shape index (κ2) is 6.05. The molecule has 122 valence electrons. The first-order valence-corrected chi connectivity index (χ1v) is 8.10. The summed E-state index contributed by atoms with van der Waals surface area (Å²) in [6, 6.07) is 8.01. The van der Waals surface area contributed by atoms with Crippen molar-refractivity contribution in [2.75, 3.05) is 6.54 Å². The predicted octanol–water partition coefficient (Wildman–Crippen LogP) is 1.77. The Morgan fingerprint density at radius 3 is 3.17 bits per heavy atom. The molecule has 2 N–H and O–H groups in total. The lowest BCUT2D eigenvalue weighted by Crippen LogP contribution is -2.27. The van der Waals surface area contributed by atoms with Gasteiger partial charge in [0.2, 0.25) is 0 Å². The van der Waals surface area contributed by atoms with E-state index < -0.39 is 0 Å². The number of hydrogen-bond acceptors (Lipinski definition) is 4. The van der Waals surface area contributed by atoms with E-state index in [0.29, 0.717) is 18.8 Å². The van der Waals surface area contributed by atoms with Crippen LogP contribution in [0.1, 0.15) is 27.4 Å². The molecular formula is C18H19N5O. The van der Waals surface area contributed by atoms with E-state index >= 15 is 0 Å². The van der Waals surface area contributed by atoms with E-state index in [0.717, 1.165) is 40.9 Å². The van der Waals surface area contributed by atoms with Crippen molar-refractivity contribution >= 4 is 16.8 Å². The summed E-state index contributed by atoms with van der Waals surface area (Å²) in [6.07, 6.45) is 3.62. The zero-order chi connectivity index (χ0) is 16.5. The van der Waals surface area contributed by atoms with Gasteiger partial charge in [-0.05, 0) is 30.2 Å². The fraction of sp³-hybridized carbons (Fsp3) is 0.278. The highest BCUT2D eigenvalue weighted by atomic mass is 16.1. The SMILES string of the molecule is Cc1ccc2ncccc2c1CNC(=O)c1cn2c(n1)CNCC2. The average Bonchev–Trinajstić information content (AvgIpc) is 3.05. The molecule has 1 aliphatic rings. The van der Waals surface area contributed by atoms with Gasteiger partial charge < -0.3 is 15.2 Å². The van der Waals surface area contributed by atoms with E-state index in [1.807, 2.05) is 35.0 Å². The molecule has 1 aliphatic heterocycles. The molecule has 0 atom stereocenters. The summed E-state index contributed by atoms with van der Waals surface area (Å²) >= 11 is 0. The van der Waals surface area contributed by atoms with Gasteiger partial charge in [-0.15, -0.1) is 0 Å². The van der Waals surface area contributed by atoms with E-state index in [1.54, 1.807) is 6.20 Å². The quantitative estimate of drug-likeness (QED) is 0.771. The molecule has 6 nitrogen and oxygen atoms in total. The Labute approximate surface area is 139 Å². The van der Waals surface area contributed by atoms with Gasteiger partial charge >= 0.3 is 0 Å². The first-order valence-electron chi connectivity index (χ1n) is 8.10. The third-order valence-corrected chi connectivity index (χ3v) is 4.46. The number of amides is 1. The summed E-state index contributed by atoms with van der Waals surface area (Å²) < 4.78 is 2.04. The van der Waals surface area contributed by atoms with Crippen molar-refractivity contribution in [1.29, 1.82) is 0 Å². The largest absolute Gasteiger partial charge is 0.347 e. The Morgan fingerprint density at radius 2 is 2.29 bits per heavy atom. The Bertz CT molecular complexity index is 891. The second-order valence-corrected chi connectivity index (χ2v) is 6.03. The number of aromatic nitrogens is 3. The predicted molar refractivity (Wildman–Crippen MR) is 91.6 cm³/mol. The van der Waals surface area contributed by atoms with E-state index in [9.17, 15) is 4.79 Å². The second-order valence-electron chi connectivity index (χ2n) is 6.03. The number of fused-ring (bicyclic) bond motifs is 2. The lowest BCUT2D eigenvalue weighted by atomic mass is 10.0. The first kappa shape index (κ1) is 14.8. The molecule has 0 spiro atoms. The number of rotatable bonds is 3. The molecule has 3 aromatic rings. The Hall–Kier alpha value is -2.73. The van der Waals surface area contributed by atoms with Gasteiger partial charge in [-0.3, -0.25) is 9.78 Å². The monoisotopic (exact) mass is 321 g/mol. The molecule has 3 heterocycles. The zero-order valence-corrected chi connectivity index (χ0v) is 13.5. The number of benzene rings is 1. The molecule has 0 bridgehead atoms. The van der Waals surface area contributed by atoms with Crippen LogP contribution in [0.15, 0.2) is 36.7 Å². The van der Waals surface area contributed by atoms with E-state index in [2.05, 4.69) is 27.5 Å². The topological polar surface area (TPSA) is 71.8 Å². The van der Waals surface area contributed by atoms with Crippen molar-refractivity contribution < 1.29 is 4.79 Å². The summed E-state index contributed by atoms with van der Waals surface area (Å²) in [5.74, 6) is 0.772. The molecule has 1 amide bonds. The van der Waals surface area contributed by atoms with Gasteiger partial charge in [0.15, 0.2) is 0 Å². The number of nitrogens with zero attached hydrogens (tertiary/aromatic N) is 3. The minimum atomic E-state index is -0.141. The standard InChI is InChI=1S/C18H19N5O/c1-12-4-5-15-13(3-2-6-20-15)14(12)9-21-18(24)16-11-23-8-7-19-10-17(23)22-16/h2-6,11,19H,7-10H2,1H3,(H,21,24). The molecule has 2 aromatic heterocycles. The van der Waals surface area contributed by atoms with Gasteiger partial charge in [0.1, 0.15) is 11.5 Å². The molecule has 24 heavy (non-hydrogen) atoms. The summed E-state index contributed by atoms with van der Waals surface area (Å²) in [4.78, 5) is 21.3. The minimum Gasteiger partial charge on any atom is -0.347 e. The van der Waals surface area contributed by atoms with Crippen molar-refractivity contribution in [3.8, 4) is 0 Å². The van der Waals surface area contributed by atoms with Crippen molar-refractivity contribution in [1.82, 2.24) is 25.2 Å². The Balaban J connectivity index is 1.55. The Morgan fingerprint density at radius 1 is 1.38 bits per heavy atom.